The molecule has 0 unspecified atom stereocenters. The van der Waals surface area contributed by atoms with Crippen LogP contribution < -0.4 is 16.0 Å². The number of hydrogen-bond donors (Lipinski definition) is 3. The Morgan fingerprint density at radius 3 is 2.52 bits per heavy atom. The van der Waals surface area contributed by atoms with Gasteiger partial charge in [-0.15, -0.1) is 0 Å². The van der Waals surface area contributed by atoms with Crippen molar-refractivity contribution >= 4 is 40.7 Å². The lowest BCUT2D eigenvalue weighted by atomic mass is 9.75. The van der Waals surface area contributed by atoms with Gasteiger partial charge in [0.05, 0.1) is 5.41 Å². The number of nitrogens with zero attached hydrogens (tertiary/aromatic N) is 2. The molecule has 2 aromatic carbocycles. The monoisotopic (exact) mass is 561 g/mol. The Labute approximate surface area is 237 Å². The highest BCUT2D eigenvalue weighted by Gasteiger charge is 2.52. The van der Waals surface area contributed by atoms with Crippen LogP contribution in [-0.2, 0) is 26.8 Å². The number of nitrogens with one attached hydrogen (secondary N) is 3. The van der Waals surface area contributed by atoms with Gasteiger partial charge in [0.15, 0.2) is 0 Å². The molecule has 3 heterocycles. The summed E-state index contributed by atoms with van der Waals surface area (Å²) in [4.78, 5) is 40.4. The second kappa shape index (κ2) is 10.1. The lowest BCUT2D eigenvalue weighted by Crippen LogP contribution is -2.50. The Balaban J connectivity index is 1.33. The average Bonchev–Trinajstić information content (AvgIpc) is 3.44. The zero-order valence-corrected chi connectivity index (χ0v) is 23.3. The lowest BCUT2D eigenvalue weighted by molar-refractivity contribution is -0.124. The molecule has 3 amide bonds. The van der Waals surface area contributed by atoms with E-state index < -0.39 is 17.4 Å². The predicted molar refractivity (Wildman–Crippen MR) is 151 cm³/mol. The number of carbonyl (C=O) groups excluding carboxylic acids is 3. The lowest BCUT2D eigenvalue weighted by Gasteiger charge is -2.33. The Kier molecular flexibility index (Phi) is 6.67. The number of benzene rings is 2. The SMILES string of the molecule is Cn1nccc1C(=O)N[C@H](C(=O)Nc1ccc2c(c1)NC(=O)C21CCOCC1)[C@H](c1ccccc1Cl)C1(C)CC1. The highest BCUT2D eigenvalue weighted by molar-refractivity contribution is 6.31. The van der Waals surface area contributed by atoms with Crippen molar-refractivity contribution in [3.63, 3.8) is 0 Å². The van der Waals surface area contributed by atoms with E-state index in [1.54, 1.807) is 25.4 Å². The molecule has 6 rings (SSSR count). The first-order valence-electron chi connectivity index (χ1n) is 13.6. The number of aryl methyl sites for hydroxylation is 1. The van der Waals surface area contributed by atoms with Crippen molar-refractivity contribution < 1.29 is 19.1 Å². The minimum absolute atomic E-state index is 0.0314. The Morgan fingerprint density at radius 2 is 1.85 bits per heavy atom. The van der Waals surface area contributed by atoms with Crippen molar-refractivity contribution in [1.82, 2.24) is 15.1 Å². The molecule has 2 fully saturated rings. The molecule has 1 aliphatic carbocycles. The van der Waals surface area contributed by atoms with Crippen LogP contribution in [0.4, 0.5) is 11.4 Å². The van der Waals surface area contributed by atoms with Gasteiger partial charge in [0.25, 0.3) is 5.91 Å². The second-order valence-electron chi connectivity index (χ2n) is 11.3. The number of hydrogen-bond acceptors (Lipinski definition) is 5. The normalized spacial score (nSPS) is 19.8. The Morgan fingerprint density at radius 1 is 1.10 bits per heavy atom. The van der Waals surface area contributed by atoms with Crippen molar-refractivity contribution in [1.29, 1.82) is 0 Å². The second-order valence-corrected chi connectivity index (χ2v) is 11.7. The van der Waals surface area contributed by atoms with Gasteiger partial charge in [-0.05, 0) is 66.5 Å². The van der Waals surface area contributed by atoms with Crippen LogP contribution in [0.1, 0.15) is 60.1 Å². The summed E-state index contributed by atoms with van der Waals surface area (Å²) in [6.07, 6.45) is 4.60. The quantitative estimate of drug-likeness (QED) is 0.396. The van der Waals surface area contributed by atoms with Crippen molar-refractivity contribution in [3.8, 4) is 0 Å². The largest absolute Gasteiger partial charge is 0.381 e. The van der Waals surface area contributed by atoms with Gasteiger partial charge >= 0.3 is 0 Å². The first-order chi connectivity index (χ1) is 19.2. The van der Waals surface area contributed by atoms with E-state index >= 15 is 0 Å². The van der Waals surface area contributed by atoms with Gasteiger partial charge < -0.3 is 20.7 Å². The van der Waals surface area contributed by atoms with E-state index in [2.05, 4.69) is 28.0 Å². The molecule has 3 aliphatic rings. The summed E-state index contributed by atoms with van der Waals surface area (Å²) in [7, 11) is 1.68. The molecule has 3 aromatic rings. The van der Waals surface area contributed by atoms with Crippen molar-refractivity contribution in [3.05, 3.63) is 76.6 Å². The zero-order valence-electron chi connectivity index (χ0n) is 22.5. The van der Waals surface area contributed by atoms with Gasteiger partial charge in [-0.3, -0.25) is 19.1 Å². The van der Waals surface area contributed by atoms with E-state index in [-0.39, 0.29) is 23.1 Å². The summed E-state index contributed by atoms with van der Waals surface area (Å²) in [5, 5.41) is 13.7. The number of aromatic nitrogens is 2. The molecule has 2 aliphatic heterocycles. The van der Waals surface area contributed by atoms with Gasteiger partial charge in [-0.25, -0.2) is 0 Å². The maximum absolute atomic E-state index is 14.1. The van der Waals surface area contributed by atoms with Gasteiger partial charge in [0.1, 0.15) is 11.7 Å². The number of anilines is 2. The Hall–Kier alpha value is -3.69. The van der Waals surface area contributed by atoms with Crippen LogP contribution in [0.5, 0.6) is 0 Å². The van der Waals surface area contributed by atoms with E-state index in [0.29, 0.717) is 48.1 Å². The highest BCUT2D eigenvalue weighted by atomic mass is 35.5. The van der Waals surface area contributed by atoms with Gasteiger partial charge in [0, 0.05) is 48.8 Å². The van der Waals surface area contributed by atoms with Gasteiger partial charge in [0.2, 0.25) is 11.8 Å². The maximum Gasteiger partial charge on any atom is 0.270 e. The summed E-state index contributed by atoms with van der Waals surface area (Å²) in [5.74, 6) is -1.16. The summed E-state index contributed by atoms with van der Waals surface area (Å²) in [6, 6.07) is 13.7. The van der Waals surface area contributed by atoms with Gasteiger partial charge in [-0.1, -0.05) is 42.8 Å². The van der Waals surface area contributed by atoms with Crippen molar-refractivity contribution in [2.75, 3.05) is 23.8 Å². The minimum Gasteiger partial charge on any atom is -0.381 e. The number of fused-ring (bicyclic) bond motifs is 2. The Bertz CT molecular complexity index is 1490. The molecule has 9 nitrogen and oxygen atoms in total. The molecule has 3 N–H and O–H groups in total. The molecule has 0 radical (unpaired) electrons. The molecular formula is C30H32ClN5O4. The summed E-state index contributed by atoms with van der Waals surface area (Å²) in [5.41, 5.74) is 2.51. The number of rotatable bonds is 7. The fourth-order valence-electron chi connectivity index (χ4n) is 6.25. The third-order valence-electron chi connectivity index (χ3n) is 8.82. The number of carbonyl (C=O) groups is 3. The number of ether oxygens (including phenoxy) is 1. The molecule has 208 valence electrons. The van der Waals surface area contributed by atoms with E-state index in [1.165, 1.54) is 4.68 Å². The summed E-state index contributed by atoms with van der Waals surface area (Å²) in [6.45, 7) is 3.19. The fourth-order valence-corrected chi connectivity index (χ4v) is 6.50. The fraction of sp³-hybridized carbons (Fsp3) is 0.400. The molecule has 1 saturated carbocycles. The van der Waals surface area contributed by atoms with E-state index in [9.17, 15) is 14.4 Å². The summed E-state index contributed by atoms with van der Waals surface area (Å²) < 4.78 is 6.98. The molecule has 10 heteroatoms. The predicted octanol–water partition coefficient (Wildman–Crippen LogP) is 4.39. The van der Waals surface area contributed by atoms with Crippen LogP contribution in [0.15, 0.2) is 54.7 Å². The third kappa shape index (κ3) is 4.57. The van der Waals surface area contributed by atoms with E-state index in [0.717, 1.165) is 24.0 Å². The average molecular weight is 562 g/mol. The van der Waals surface area contributed by atoms with Crippen LogP contribution in [0.25, 0.3) is 0 Å². The third-order valence-corrected chi connectivity index (χ3v) is 9.16. The smallest absolute Gasteiger partial charge is 0.270 e. The minimum atomic E-state index is -0.917. The molecular weight excluding hydrogens is 530 g/mol. The first-order valence-corrected chi connectivity index (χ1v) is 14.0. The zero-order chi connectivity index (χ0) is 28.1. The van der Waals surface area contributed by atoms with Crippen LogP contribution in [0.2, 0.25) is 5.02 Å². The molecule has 0 bridgehead atoms. The highest BCUT2D eigenvalue weighted by Crippen LogP contribution is 2.58. The summed E-state index contributed by atoms with van der Waals surface area (Å²) >= 11 is 6.66. The molecule has 40 heavy (non-hydrogen) atoms. The van der Waals surface area contributed by atoms with Crippen molar-refractivity contribution in [2.24, 2.45) is 12.5 Å². The number of amides is 3. The van der Waals surface area contributed by atoms with Crippen LogP contribution in [0, 0.1) is 5.41 Å². The van der Waals surface area contributed by atoms with E-state index in [1.807, 2.05) is 36.4 Å². The van der Waals surface area contributed by atoms with Crippen LogP contribution in [-0.4, -0.2) is 46.8 Å². The van der Waals surface area contributed by atoms with Gasteiger partial charge in [-0.2, -0.15) is 5.10 Å². The van der Waals surface area contributed by atoms with E-state index in [4.69, 9.17) is 16.3 Å². The topological polar surface area (TPSA) is 114 Å². The van der Waals surface area contributed by atoms with Crippen molar-refractivity contribution in [2.45, 2.75) is 50.0 Å². The molecule has 1 saturated heterocycles. The first kappa shape index (κ1) is 26.5. The van der Waals surface area contributed by atoms with Crippen LogP contribution >= 0.6 is 11.6 Å². The standard InChI is InChI=1S/C30H32ClN5O4/c1-29(10-11-29)24(19-5-3-4-6-21(19)31)25(35-26(37)23-9-14-32-36(23)2)27(38)33-18-7-8-20-22(17-18)34-28(39)30(20)12-15-40-16-13-30/h3-9,14,17,24-25H,10-13,15-16H2,1-2H3,(H,33,38)(H,34,39)(H,35,37)/t24-,25-/m0/s1. The molecule has 2 atom stereocenters. The van der Waals surface area contributed by atoms with Crippen LogP contribution in [0.3, 0.4) is 0 Å². The molecule has 1 aromatic heterocycles. The maximum atomic E-state index is 14.1. The number of halogens is 1. The molecule has 1 spiro atoms.